The van der Waals surface area contributed by atoms with Gasteiger partial charge in [-0.25, -0.2) is 0 Å². The second-order valence-corrected chi connectivity index (χ2v) is 6.43. The number of carboxylic acids is 1. The van der Waals surface area contributed by atoms with Crippen LogP contribution in [0.15, 0.2) is 0 Å². The van der Waals surface area contributed by atoms with Gasteiger partial charge in [0.25, 0.3) is 0 Å². The molecule has 18 heavy (non-hydrogen) atoms. The minimum absolute atomic E-state index is 0.184. The summed E-state index contributed by atoms with van der Waals surface area (Å²) in [5.74, 6) is -0.492. The molecule has 1 aliphatic carbocycles. The van der Waals surface area contributed by atoms with Crippen molar-refractivity contribution in [1.82, 2.24) is 4.90 Å². The molecule has 0 aromatic carbocycles. The van der Waals surface area contributed by atoms with Crippen LogP contribution in [-0.2, 0) is 9.59 Å². The van der Waals surface area contributed by atoms with Crippen LogP contribution in [-0.4, -0.2) is 35.0 Å². The van der Waals surface area contributed by atoms with Gasteiger partial charge in [-0.15, -0.1) is 0 Å². The lowest BCUT2D eigenvalue weighted by Gasteiger charge is -2.39. The van der Waals surface area contributed by atoms with Crippen molar-refractivity contribution in [3.8, 4) is 0 Å². The van der Waals surface area contributed by atoms with E-state index in [2.05, 4.69) is 6.92 Å². The summed E-state index contributed by atoms with van der Waals surface area (Å²) in [4.78, 5) is 25.5. The second-order valence-electron chi connectivity index (χ2n) is 6.43. The molecule has 0 atom stereocenters. The topological polar surface area (TPSA) is 57.6 Å². The number of carboxylic acid groups (broad SMARTS) is 1. The molecule has 2 rings (SSSR count). The van der Waals surface area contributed by atoms with Crippen molar-refractivity contribution in [2.75, 3.05) is 13.1 Å². The van der Waals surface area contributed by atoms with Gasteiger partial charge in [0.15, 0.2) is 0 Å². The Morgan fingerprint density at radius 3 is 1.89 bits per heavy atom. The summed E-state index contributed by atoms with van der Waals surface area (Å²) in [7, 11) is 0. The summed E-state index contributed by atoms with van der Waals surface area (Å²) in [6.07, 6.45) is 5.40. The third-order valence-corrected chi connectivity index (χ3v) is 4.89. The van der Waals surface area contributed by atoms with E-state index in [4.69, 9.17) is 0 Å². The standard InChI is InChI=1S/C14H23NO3/c1-13(5-3-4-6-13)11(16)15-9-7-14(2,8-10-15)12(17)18/h3-10H2,1-2H3,(H,17,18). The normalized spacial score (nSPS) is 26.0. The van der Waals surface area contributed by atoms with E-state index in [0.29, 0.717) is 25.9 Å². The number of aliphatic carboxylic acids is 1. The molecule has 2 fully saturated rings. The van der Waals surface area contributed by atoms with E-state index in [1.54, 1.807) is 6.92 Å². The summed E-state index contributed by atoms with van der Waals surface area (Å²) in [5, 5.41) is 9.18. The van der Waals surface area contributed by atoms with Gasteiger partial charge < -0.3 is 10.0 Å². The number of carbonyl (C=O) groups is 2. The maximum absolute atomic E-state index is 12.5. The number of hydrogen-bond acceptors (Lipinski definition) is 2. The number of carbonyl (C=O) groups excluding carboxylic acids is 1. The molecule has 0 bridgehead atoms. The Morgan fingerprint density at radius 2 is 1.44 bits per heavy atom. The predicted molar refractivity (Wildman–Crippen MR) is 68.1 cm³/mol. The molecule has 1 saturated carbocycles. The lowest BCUT2D eigenvalue weighted by atomic mass is 9.79. The maximum atomic E-state index is 12.5. The molecule has 4 nitrogen and oxygen atoms in total. The zero-order valence-corrected chi connectivity index (χ0v) is 11.4. The average Bonchev–Trinajstić information content (AvgIpc) is 2.77. The number of piperidine rings is 1. The quantitative estimate of drug-likeness (QED) is 0.821. The summed E-state index contributed by atoms with van der Waals surface area (Å²) in [5.41, 5.74) is -0.829. The van der Waals surface area contributed by atoms with Crippen LogP contribution < -0.4 is 0 Å². The largest absolute Gasteiger partial charge is 0.481 e. The van der Waals surface area contributed by atoms with Gasteiger partial charge in [-0.2, -0.15) is 0 Å². The molecule has 0 aromatic heterocycles. The van der Waals surface area contributed by atoms with Gasteiger partial charge in [0.2, 0.25) is 5.91 Å². The third kappa shape index (κ3) is 2.25. The second kappa shape index (κ2) is 4.56. The molecule has 4 heteroatoms. The Balaban J connectivity index is 1.98. The van der Waals surface area contributed by atoms with E-state index < -0.39 is 11.4 Å². The highest BCUT2D eigenvalue weighted by molar-refractivity contribution is 5.83. The van der Waals surface area contributed by atoms with Crippen molar-refractivity contribution >= 4 is 11.9 Å². The van der Waals surface area contributed by atoms with Crippen LogP contribution in [0.2, 0.25) is 0 Å². The van der Waals surface area contributed by atoms with E-state index in [-0.39, 0.29) is 11.3 Å². The Morgan fingerprint density at radius 1 is 0.944 bits per heavy atom. The summed E-state index contributed by atoms with van der Waals surface area (Å²) in [6, 6.07) is 0. The first-order valence-electron chi connectivity index (χ1n) is 6.90. The zero-order chi connectivity index (χ0) is 13.4. The van der Waals surface area contributed by atoms with Crippen molar-refractivity contribution in [1.29, 1.82) is 0 Å². The summed E-state index contributed by atoms with van der Waals surface area (Å²) in [6.45, 7) is 5.04. The molecule has 102 valence electrons. The molecule has 0 aromatic rings. The van der Waals surface area contributed by atoms with Crippen molar-refractivity contribution in [3.63, 3.8) is 0 Å². The van der Waals surface area contributed by atoms with Crippen LogP contribution in [0.25, 0.3) is 0 Å². The summed E-state index contributed by atoms with van der Waals surface area (Å²) < 4.78 is 0. The SMILES string of the molecule is CC1(C(=O)O)CCN(C(=O)C2(C)CCCC2)CC1. The maximum Gasteiger partial charge on any atom is 0.309 e. The van der Waals surface area contributed by atoms with Crippen LogP contribution in [0.1, 0.15) is 52.4 Å². The molecule has 1 N–H and O–H groups in total. The zero-order valence-electron chi connectivity index (χ0n) is 11.4. The van der Waals surface area contributed by atoms with Gasteiger partial charge in [0.1, 0.15) is 0 Å². The van der Waals surface area contributed by atoms with E-state index >= 15 is 0 Å². The lowest BCUT2D eigenvalue weighted by molar-refractivity contribution is -0.155. The number of nitrogens with zero attached hydrogens (tertiary/aromatic N) is 1. The van der Waals surface area contributed by atoms with Gasteiger partial charge in [-0.1, -0.05) is 19.8 Å². The van der Waals surface area contributed by atoms with Crippen LogP contribution in [0, 0.1) is 10.8 Å². The highest BCUT2D eigenvalue weighted by Crippen LogP contribution is 2.41. The monoisotopic (exact) mass is 253 g/mol. The minimum atomic E-state index is -0.735. The first-order valence-corrected chi connectivity index (χ1v) is 6.90. The Kier molecular flexibility index (Phi) is 3.39. The summed E-state index contributed by atoms with van der Waals surface area (Å²) >= 11 is 0. The highest BCUT2D eigenvalue weighted by atomic mass is 16.4. The smallest absolute Gasteiger partial charge is 0.309 e. The number of likely N-dealkylation sites (tertiary alicyclic amines) is 1. The van der Waals surface area contributed by atoms with Crippen LogP contribution in [0.3, 0.4) is 0 Å². The van der Waals surface area contributed by atoms with E-state index in [9.17, 15) is 14.7 Å². The fraction of sp³-hybridized carbons (Fsp3) is 0.857. The highest BCUT2D eigenvalue weighted by Gasteiger charge is 2.43. The Bertz CT molecular complexity index is 350. The molecule has 2 aliphatic rings. The number of hydrogen-bond donors (Lipinski definition) is 1. The third-order valence-electron chi connectivity index (χ3n) is 4.89. The van der Waals surface area contributed by atoms with Gasteiger partial charge in [0.05, 0.1) is 5.41 Å². The van der Waals surface area contributed by atoms with Crippen LogP contribution >= 0.6 is 0 Å². The van der Waals surface area contributed by atoms with Crippen molar-refractivity contribution < 1.29 is 14.7 Å². The predicted octanol–water partition coefficient (Wildman–Crippen LogP) is 2.28. The molecule has 1 saturated heterocycles. The van der Waals surface area contributed by atoms with Gasteiger partial charge >= 0.3 is 5.97 Å². The molecule has 1 amide bonds. The first-order chi connectivity index (χ1) is 8.37. The Labute approximate surface area is 108 Å². The number of amides is 1. The van der Waals surface area contributed by atoms with E-state index in [1.807, 2.05) is 4.90 Å². The van der Waals surface area contributed by atoms with Gasteiger partial charge in [-0.3, -0.25) is 9.59 Å². The van der Waals surface area contributed by atoms with Crippen LogP contribution in [0.4, 0.5) is 0 Å². The van der Waals surface area contributed by atoms with Gasteiger partial charge in [0, 0.05) is 18.5 Å². The molecular weight excluding hydrogens is 230 g/mol. The molecular formula is C14H23NO3. The lowest BCUT2D eigenvalue weighted by Crippen LogP contribution is -2.49. The fourth-order valence-electron chi connectivity index (χ4n) is 3.17. The van der Waals surface area contributed by atoms with Crippen molar-refractivity contribution in [2.24, 2.45) is 10.8 Å². The van der Waals surface area contributed by atoms with E-state index in [0.717, 1.165) is 25.7 Å². The van der Waals surface area contributed by atoms with Gasteiger partial charge in [-0.05, 0) is 32.6 Å². The van der Waals surface area contributed by atoms with Crippen molar-refractivity contribution in [3.05, 3.63) is 0 Å². The van der Waals surface area contributed by atoms with Crippen molar-refractivity contribution in [2.45, 2.75) is 52.4 Å². The molecule has 1 aliphatic heterocycles. The number of rotatable bonds is 2. The van der Waals surface area contributed by atoms with Crippen LogP contribution in [0.5, 0.6) is 0 Å². The molecule has 0 spiro atoms. The molecule has 0 unspecified atom stereocenters. The first kappa shape index (κ1) is 13.4. The molecule has 1 heterocycles. The average molecular weight is 253 g/mol. The fourth-order valence-corrected chi connectivity index (χ4v) is 3.17. The minimum Gasteiger partial charge on any atom is -0.481 e. The Hall–Kier alpha value is -1.06. The molecule has 0 radical (unpaired) electrons. The van der Waals surface area contributed by atoms with E-state index in [1.165, 1.54) is 0 Å².